The monoisotopic (exact) mass is 200 g/mol. The molecule has 1 unspecified atom stereocenters. The maximum atomic E-state index is 11.6. The average molecular weight is 200 g/mol. The summed E-state index contributed by atoms with van der Waals surface area (Å²) in [6.45, 7) is 1.54. The fraction of sp³-hybridized carbons (Fsp3) is 0.900. The largest absolute Gasteiger partial charge is 0.396 e. The highest BCUT2D eigenvalue weighted by molar-refractivity contribution is 5.78. The lowest BCUT2D eigenvalue weighted by atomic mass is 10.1. The Labute approximate surface area is 85.3 Å². The van der Waals surface area contributed by atoms with Crippen molar-refractivity contribution in [3.8, 4) is 0 Å². The maximum absolute atomic E-state index is 11.6. The van der Waals surface area contributed by atoms with E-state index in [2.05, 4.69) is 5.32 Å². The van der Waals surface area contributed by atoms with E-state index in [1.165, 1.54) is 0 Å². The summed E-state index contributed by atoms with van der Waals surface area (Å²) < 4.78 is 0. The van der Waals surface area contributed by atoms with Gasteiger partial charge in [-0.25, -0.2) is 0 Å². The van der Waals surface area contributed by atoms with Gasteiger partial charge in [-0.15, -0.1) is 0 Å². The number of rotatable bonds is 5. The molecule has 1 amide bonds. The summed E-state index contributed by atoms with van der Waals surface area (Å²) in [6.07, 6.45) is 3.93. The summed E-state index contributed by atoms with van der Waals surface area (Å²) in [6, 6.07) is 0.364. The molecule has 0 bridgehead atoms. The van der Waals surface area contributed by atoms with E-state index in [0.29, 0.717) is 12.6 Å². The van der Waals surface area contributed by atoms with Crippen molar-refractivity contribution in [2.24, 2.45) is 0 Å². The van der Waals surface area contributed by atoms with Gasteiger partial charge in [0.15, 0.2) is 0 Å². The van der Waals surface area contributed by atoms with E-state index < -0.39 is 0 Å². The number of likely N-dealkylation sites (tertiary alicyclic amines) is 1. The number of nitrogens with one attached hydrogen (secondary N) is 1. The second-order valence-electron chi connectivity index (χ2n) is 3.78. The highest BCUT2D eigenvalue weighted by Gasteiger charge is 2.27. The number of aliphatic hydroxyl groups is 1. The SMILES string of the molecule is CNCC(=O)N1CCCC1CCCO. The lowest BCUT2D eigenvalue weighted by Crippen LogP contribution is -2.40. The highest BCUT2D eigenvalue weighted by Crippen LogP contribution is 2.20. The molecule has 1 atom stereocenters. The minimum Gasteiger partial charge on any atom is -0.396 e. The zero-order chi connectivity index (χ0) is 10.4. The number of aliphatic hydroxyl groups excluding tert-OH is 1. The normalized spacial score (nSPS) is 21.6. The molecule has 1 fully saturated rings. The number of hydrogen-bond donors (Lipinski definition) is 2. The third-order valence-electron chi connectivity index (χ3n) is 2.72. The number of likely N-dealkylation sites (N-methyl/N-ethyl adjacent to an activating group) is 1. The summed E-state index contributed by atoms with van der Waals surface area (Å²) in [5, 5.41) is 11.6. The Morgan fingerprint density at radius 2 is 2.43 bits per heavy atom. The molecule has 82 valence electrons. The van der Waals surface area contributed by atoms with E-state index in [1.807, 2.05) is 4.90 Å². The molecule has 14 heavy (non-hydrogen) atoms. The van der Waals surface area contributed by atoms with Crippen molar-refractivity contribution in [2.45, 2.75) is 31.7 Å². The lowest BCUT2D eigenvalue weighted by Gasteiger charge is -2.24. The van der Waals surface area contributed by atoms with Gasteiger partial charge in [0.25, 0.3) is 0 Å². The lowest BCUT2D eigenvalue weighted by molar-refractivity contribution is -0.131. The topological polar surface area (TPSA) is 52.6 Å². The molecule has 1 rings (SSSR count). The van der Waals surface area contributed by atoms with Crippen LogP contribution in [-0.4, -0.2) is 48.7 Å². The Morgan fingerprint density at radius 1 is 1.64 bits per heavy atom. The Hall–Kier alpha value is -0.610. The van der Waals surface area contributed by atoms with Crippen molar-refractivity contribution in [3.63, 3.8) is 0 Å². The molecule has 4 nitrogen and oxygen atoms in total. The molecule has 0 aliphatic carbocycles. The molecule has 4 heteroatoms. The Kier molecular flexibility index (Phi) is 4.90. The van der Waals surface area contributed by atoms with Gasteiger partial charge in [-0.2, -0.15) is 0 Å². The molecule has 1 aliphatic rings. The number of amides is 1. The Bertz CT molecular complexity index is 185. The minimum absolute atomic E-state index is 0.188. The molecule has 1 aliphatic heterocycles. The van der Waals surface area contributed by atoms with Gasteiger partial charge in [0, 0.05) is 19.2 Å². The predicted molar refractivity (Wildman–Crippen MR) is 55.0 cm³/mol. The molecule has 1 heterocycles. The Balaban J connectivity index is 2.38. The summed E-state index contributed by atoms with van der Waals surface area (Å²) >= 11 is 0. The fourth-order valence-electron chi connectivity index (χ4n) is 2.04. The Morgan fingerprint density at radius 3 is 3.07 bits per heavy atom. The zero-order valence-electron chi connectivity index (χ0n) is 8.83. The van der Waals surface area contributed by atoms with Gasteiger partial charge in [0.05, 0.1) is 6.54 Å². The first-order valence-electron chi connectivity index (χ1n) is 5.34. The van der Waals surface area contributed by atoms with E-state index >= 15 is 0 Å². The van der Waals surface area contributed by atoms with Crippen molar-refractivity contribution in [1.82, 2.24) is 10.2 Å². The van der Waals surface area contributed by atoms with Crippen LogP contribution in [0, 0.1) is 0 Å². The summed E-state index contributed by atoms with van der Waals surface area (Å²) in [5.41, 5.74) is 0. The zero-order valence-corrected chi connectivity index (χ0v) is 8.83. The van der Waals surface area contributed by atoms with Crippen LogP contribution in [-0.2, 0) is 4.79 Å². The predicted octanol–water partition coefficient (Wildman–Crippen LogP) is -0.0307. The summed E-state index contributed by atoms with van der Waals surface area (Å²) in [7, 11) is 1.79. The van der Waals surface area contributed by atoms with Gasteiger partial charge in [-0.3, -0.25) is 4.79 Å². The fourth-order valence-corrected chi connectivity index (χ4v) is 2.04. The smallest absolute Gasteiger partial charge is 0.236 e. The molecule has 0 saturated carbocycles. The van der Waals surface area contributed by atoms with Crippen molar-refractivity contribution < 1.29 is 9.90 Å². The number of carbonyl (C=O) groups excluding carboxylic acids is 1. The van der Waals surface area contributed by atoms with Gasteiger partial charge >= 0.3 is 0 Å². The van der Waals surface area contributed by atoms with Crippen LogP contribution >= 0.6 is 0 Å². The summed E-state index contributed by atoms with van der Waals surface area (Å²) in [4.78, 5) is 13.6. The number of nitrogens with zero attached hydrogens (tertiary/aromatic N) is 1. The molecule has 0 radical (unpaired) electrons. The van der Waals surface area contributed by atoms with E-state index in [1.54, 1.807) is 7.05 Å². The van der Waals surface area contributed by atoms with Gasteiger partial charge in [0.1, 0.15) is 0 Å². The van der Waals surface area contributed by atoms with E-state index in [4.69, 9.17) is 5.11 Å². The quantitative estimate of drug-likeness (QED) is 0.655. The van der Waals surface area contributed by atoms with Crippen molar-refractivity contribution in [2.75, 3.05) is 26.7 Å². The third kappa shape index (κ3) is 2.96. The van der Waals surface area contributed by atoms with Gasteiger partial charge in [0.2, 0.25) is 5.91 Å². The average Bonchev–Trinajstić information content (AvgIpc) is 2.63. The molecular formula is C10H20N2O2. The third-order valence-corrected chi connectivity index (χ3v) is 2.72. The van der Waals surface area contributed by atoms with Crippen LogP contribution in [0.15, 0.2) is 0 Å². The molecule has 0 aromatic heterocycles. The van der Waals surface area contributed by atoms with Crippen LogP contribution in [0.1, 0.15) is 25.7 Å². The van der Waals surface area contributed by atoms with Crippen LogP contribution in [0.25, 0.3) is 0 Å². The molecular weight excluding hydrogens is 180 g/mol. The van der Waals surface area contributed by atoms with Crippen molar-refractivity contribution >= 4 is 5.91 Å². The van der Waals surface area contributed by atoms with Gasteiger partial charge in [-0.05, 0) is 32.7 Å². The van der Waals surface area contributed by atoms with Crippen LogP contribution in [0.5, 0.6) is 0 Å². The first-order valence-corrected chi connectivity index (χ1v) is 5.34. The molecule has 0 aromatic carbocycles. The maximum Gasteiger partial charge on any atom is 0.236 e. The van der Waals surface area contributed by atoms with Crippen LogP contribution in [0.4, 0.5) is 0 Å². The van der Waals surface area contributed by atoms with E-state index in [-0.39, 0.29) is 12.5 Å². The van der Waals surface area contributed by atoms with Crippen molar-refractivity contribution in [1.29, 1.82) is 0 Å². The van der Waals surface area contributed by atoms with Crippen molar-refractivity contribution in [3.05, 3.63) is 0 Å². The second kappa shape index (κ2) is 5.98. The second-order valence-corrected chi connectivity index (χ2v) is 3.78. The summed E-state index contributed by atoms with van der Waals surface area (Å²) in [5.74, 6) is 0.188. The van der Waals surface area contributed by atoms with Gasteiger partial charge in [-0.1, -0.05) is 0 Å². The van der Waals surface area contributed by atoms with E-state index in [9.17, 15) is 4.79 Å². The molecule has 0 aromatic rings. The minimum atomic E-state index is 0.188. The van der Waals surface area contributed by atoms with Crippen LogP contribution < -0.4 is 5.32 Å². The van der Waals surface area contributed by atoms with E-state index in [0.717, 1.165) is 32.2 Å². The number of carbonyl (C=O) groups is 1. The molecule has 1 saturated heterocycles. The first kappa shape index (κ1) is 11.5. The number of hydrogen-bond acceptors (Lipinski definition) is 3. The standard InChI is InChI=1S/C10H20N2O2/c1-11-8-10(14)12-6-2-4-9(12)5-3-7-13/h9,11,13H,2-8H2,1H3. The first-order chi connectivity index (χ1) is 6.79. The van der Waals surface area contributed by atoms with Gasteiger partial charge < -0.3 is 15.3 Å². The molecule has 0 spiro atoms. The van der Waals surface area contributed by atoms with Crippen LogP contribution in [0.3, 0.4) is 0 Å². The molecule has 2 N–H and O–H groups in total. The van der Waals surface area contributed by atoms with Crippen LogP contribution in [0.2, 0.25) is 0 Å². The highest BCUT2D eigenvalue weighted by atomic mass is 16.3.